The van der Waals surface area contributed by atoms with Crippen LogP contribution in [0.25, 0.3) is 0 Å². The lowest BCUT2D eigenvalue weighted by Gasteiger charge is -2.32. The number of hydrogen-bond acceptors (Lipinski definition) is 4. The number of aromatic nitrogens is 4. The molecule has 0 bridgehead atoms. The fourth-order valence-corrected chi connectivity index (χ4v) is 2.59. The molecule has 0 unspecified atom stereocenters. The second kappa shape index (κ2) is 6.31. The first kappa shape index (κ1) is 14.8. The Morgan fingerprint density at radius 1 is 1.50 bits per heavy atom. The number of morpholine rings is 1. The van der Waals surface area contributed by atoms with Crippen LogP contribution in [0.1, 0.15) is 29.7 Å². The van der Waals surface area contributed by atoms with Crippen LogP contribution in [0.4, 0.5) is 0 Å². The maximum Gasteiger partial charge on any atom is 0.224 e. The van der Waals surface area contributed by atoms with E-state index in [1.807, 2.05) is 31.0 Å². The lowest BCUT2D eigenvalue weighted by molar-refractivity contribution is -0.139. The zero-order valence-electron chi connectivity index (χ0n) is 13.0. The normalized spacial score (nSPS) is 18.6. The van der Waals surface area contributed by atoms with E-state index < -0.39 is 0 Å². The number of nitrogens with one attached hydrogen (secondary N) is 1. The zero-order chi connectivity index (χ0) is 15.5. The fraction of sp³-hybridized carbons (Fsp3) is 0.533. The molecule has 22 heavy (non-hydrogen) atoms. The summed E-state index contributed by atoms with van der Waals surface area (Å²) >= 11 is 0. The summed E-state index contributed by atoms with van der Waals surface area (Å²) in [5.74, 6) is 0.919. The molecule has 2 aromatic rings. The maximum absolute atomic E-state index is 12.4. The first-order chi connectivity index (χ1) is 10.6. The van der Waals surface area contributed by atoms with Crippen molar-refractivity contribution in [1.29, 1.82) is 0 Å². The number of aryl methyl sites for hydroxylation is 3. The van der Waals surface area contributed by atoms with E-state index in [9.17, 15) is 4.79 Å². The second-order valence-electron chi connectivity index (χ2n) is 5.62. The minimum absolute atomic E-state index is 0.129. The van der Waals surface area contributed by atoms with Crippen molar-refractivity contribution in [2.45, 2.75) is 32.9 Å². The van der Waals surface area contributed by atoms with Gasteiger partial charge in [0.05, 0.1) is 18.8 Å². The van der Waals surface area contributed by atoms with Crippen LogP contribution in [0, 0.1) is 13.8 Å². The van der Waals surface area contributed by atoms with Crippen molar-refractivity contribution in [3.63, 3.8) is 0 Å². The van der Waals surface area contributed by atoms with E-state index in [-0.39, 0.29) is 12.0 Å². The molecule has 0 radical (unpaired) electrons. The van der Waals surface area contributed by atoms with Crippen molar-refractivity contribution in [3.8, 4) is 0 Å². The predicted molar refractivity (Wildman–Crippen MR) is 80.2 cm³/mol. The predicted octanol–water partition coefficient (Wildman–Crippen LogP) is 1.21. The Balaban J connectivity index is 1.55. The van der Waals surface area contributed by atoms with Crippen molar-refractivity contribution in [1.82, 2.24) is 24.6 Å². The minimum Gasteiger partial charge on any atom is -0.367 e. The molecule has 3 heterocycles. The summed E-state index contributed by atoms with van der Waals surface area (Å²) in [4.78, 5) is 21.7. The van der Waals surface area contributed by atoms with Crippen LogP contribution in [0.3, 0.4) is 0 Å². The third-order valence-corrected chi connectivity index (χ3v) is 3.78. The largest absolute Gasteiger partial charge is 0.367 e. The summed E-state index contributed by atoms with van der Waals surface area (Å²) in [5, 5.41) is 4.30. The lowest BCUT2D eigenvalue weighted by Crippen LogP contribution is -2.42. The van der Waals surface area contributed by atoms with Gasteiger partial charge in [-0.25, -0.2) is 4.98 Å². The highest BCUT2D eigenvalue weighted by Crippen LogP contribution is 2.20. The molecular weight excluding hydrogens is 282 g/mol. The van der Waals surface area contributed by atoms with Crippen molar-refractivity contribution in [3.05, 3.63) is 35.7 Å². The van der Waals surface area contributed by atoms with Gasteiger partial charge in [-0.15, -0.1) is 0 Å². The molecule has 0 aliphatic carbocycles. The molecule has 3 rings (SSSR count). The number of rotatable bonds is 4. The molecule has 118 valence electrons. The SMILES string of the molecule is Cc1ccn(CCC(=O)N2CCO[C@H](c3ncc(C)[nH]3)C2)n1. The number of carbonyl (C=O) groups excluding carboxylic acids is 1. The highest BCUT2D eigenvalue weighted by molar-refractivity contribution is 5.76. The number of H-pyrrole nitrogens is 1. The fourth-order valence-electron chi connectivity index (χ4n) is 2.59. The Kier molecular flexibility index (Phi) is 4.24. The first-order valence-electron chi connectivity index (χ1n) is 7.53. The number of nitrogens with zero attached hydrogens (tertiary/aromatic N) is 4. The highest BCUT2D eigenvalue weighted by atomic mass is 16.5. The zero-order valence-corrected chi connectivity index (χ0v) is 13.0. The highest BCUT2D eigenvalue weighted by Gasteiger charge is 2.26. The van der Waals surface area contributed by atoms with Gasteiger partial charge in [-0.3, -0.25) is 9.48 Å². The Morgan fingerprint density at radius 3 is 3.05 bits per heavy atom. The molecule has 1 aliphatic heterocycles. The van der Waals surface area contributed by atoms with Crippen LogP contribution < -0.4 is 0 Å². The summed E-state index contributed by atoms with van der Waals surface area (Å²) in [6.45, 7) is 6.22. The monoisotopic (exact) mass is 303 g/mol. The van der Waals surface area contributed by atoms with Gasteiger partial charge in [0.15, 0.2) is 0 Å². The molecule has 7 nitrogen and oxygen atoms in total. The number of imidazole rings is 1. The molecule has 0 saturated carbocycles. The van der Waals surface area contributed by atoms with Crippen LogP contribution in [-0.4, -0.2) is 50.3 Å². The smallest absolute Gasteiger partial charge is 0.224 e. The van der Waals surface area contributed by atoms with E-state index in [1.54, 1.807) is 10.9 Å². The topological polar surface area (TPSA) is 76.0 Å². The van der Waals surface area contributed by atoms with Gasteiger partial charge in [0.1, 0.15) is 11.9 Å². The summed E-state index contributed by atoms with van der Waals surface area (Å²) < 4.78 is 7.53. The van der Waals surface area contributed by atoms with Gasteiger partial charge in [-0.2, -0.15) is 5.10 Å². The van der Waals surface area contributed by atoms with Crippen LogP contribution in [0.2, 0.25) is 0 Å². The van der Waals surface area contributed by atoms with Gasteiger partial charge in [0.25, 0.3) is 0 Å². The third-order valence-electron chi connectivity index (χ3n) is 3.78. The molecule has 0 spiro atoms. The van der Waals surface area contributed by atoms with Gasteiger partial charge >= 0.3 is 0 Å². The summed E-state index contributed by atoms with van der Waals surface area (Å²) in [7, 11) is 0. The molecule has 2 aromatic heterocycles. The average molecular weight is 303 g/mol. The lowest BCUT2D eigenvalue weighted by atomic mass is 10.2. The number of ether oxygens (including phenoxy) is 1. The molecule has 1 atom stereocenters. The van der Waals surface area contributed by atoms with Gasteiger partial charge < -0.3 is 14.6 Å². The first-order valence-corrected chi connectivity index (χ1v) is 7.53. The van der Waals surface area contributed by atoms with Gasteiger partial charge in [-0.1, -0.05) is 0 Å². The van der Waals surface area contributed by atoms with E-state index in [4.69, 9.17) is 4.74 Å². The summed E-state index contributed by atoms with van der Waals surface area (Å²) in [6.07, 6.45) is 3.96. The number of aromatic amines is 1. The Morgan fingerprint density at radius 2 is 2.36 bits per heavy atom. The third kappa shape index (κ3) is 3.36. The van der Waals surface area contributed by atoms with Crippen LogP contribution in [0.5, 0.6) is 0 Å². The molecule has 1 amide bonds. The van der Waals surface area contributed by atoms with E-state index in [2.05, 4.69) is 15.1 Å². The van der Waals surface area contributed by atoms with Crippen molar-refractivity contribution in [2.75, 3.05) is 19.7 Å². The van der Waals surface area contributed by atoms with E-state index >= 15 is 0 Å². The average Bonchev–Trinajstić information content (AvgIpc) is 3.13. The van der Waals surface area contributed by atoms with E-state index in [0.29, 0.717) is 32.7 Å². The minimum atomic E-state index is -0.168. The molecule has 1 saturated heterocycles. The molecule has 1 aliphatic rings. The Hall–Kier alpha value is -2.15. The molecule has 7 heteroatoms. The molecule has 1 fully saturated rings. The van der Waals surface area contributed by atoms with Gasteiger partial charge in [0.2, 0.25) is 5.91 Å². The number of amides is 1. The second-order valence-corrected chi connectivity index (χ2v) is 5.62. The van der Waals surface area contributed by atoms with E-state index in [1.165, 1.54) is 0 Å². The number of carbonyl (C=O) groups is 1. The molecule has 0 aromatic carbocycles. The maximum atomic E-state index is 12.4. The quantitative estimate of drug-likeness (QED) is 0.921. The van der Waals surface area contributed by atoms with Crippen molar-refractivity contribution >= 4 is 5.91 Å². The standard InChI is InChI=1S/C15H21N5O2/c1-11-3-5-20(18-11)6-4-14(21)19-7-8-22-13(10-19)15-16-9-12(2)17-15/h3,5,9,13H,4,6-8,10H2,1-2H3,(H,16,17)/t13-/m0/s1. The van der Waals surface area contributed by atoms with Crippen LogP contribution >= 0.6 is 0 Å². The molecule has 1 N–H and O–H groups in total. The Labute approximate surface area is 129 Å². The number of hydrogen-bond donors (Lipinski definition) is 1. The Bertz CT molecular complexity index is 648. The van der Waals surface area contributed by atoms with Gasteiger partial charge in [-0.05, 0) is 19.9 Å². The molecular formula is C15H21N5O2. The van der Waals surface area contributed by atoms with Crippen LogP contribution in [-0.2, 0) is 16.1 Å². The van der Waals surface area contributed by atoms with Crippen molar-refractivity contribution in [2.24, 2.45) is 0 Å². The van der Waals surface area contributed by atoms with Gasteiger partial charge in [0, 0.05) is 37.6 Å². The summed E-state index contributed by atoms with van der Waals surface area (Å²) in [5.41, 5.74) is 1.96. The van der Waals surface area contributed by atoms with Crippen molar-refractivity contribution < 1.29 is 9.53 Å². The van der Waals surface area contributed by atoms with Crippen LogP contribution in [0.15, 0.2) is 18.5 Å². The van der Waals surface area contributed by atoms with E-state index in [0.717, 1.165) is 17.2 Å². The summed E-state index contributed by atoms with van der Waals surface area (Å²) in [6, 6.07) is 1.94.